The Morgan fingerprint density at radius 3 is 2.59 bits per heavy atom. The number of benzene rings is 2. The molecule has 0 radical (unpaired) electrons. The van der Waals surface area contributed by atoms with Gasteiger partial charge in [0.2, 0.25) is 5.91 Å². The Balaban J connectivity index is 1.47. The number of hydrogen-bond acceptors (Lipinski definition) is 7. The minimum atomic E-state index is -0.281. The fourth-order valence-corrected chi connectivity index (χ4v) is 5.03. The second kappa shape index (κ2) is 14.0. The number of nitrogens with one attached hydrogen (secondary N) is 2. The van der Waals surface area contributed by atoms with Crippen LogP contribution in [0.5, 0.6) is 0 Å². The van der Waals surface area contributed by atoms with E-state index in [1.807, 2.05) is 0 Å². The van der Waals surface area contributed by atoms with Crippen LogP contribution in [0, 0.1) is 5.82 Å². The van der Waals surface area contributed by atoms with Crippen molar-refractivity contribution in [1.29, 1.82) is 0 Å². The molecule has 0 saturated carbocycles. The molecule has 0 spiro atoms. The summed E-state index contributed by atoms with van der Waals surface area (Å²) in [5.74, 6) is -0.329. The van der Waals surface area contributed by atoms with Crippen LogP contribution in [0.1, 0.15) is 6.42 Å². The molecule has 1 saturated heterocycles. The van der Waals surface area contributed by atoms with E-state index in [0.29, 0.717) is 25.4 Å². The van der Waals surface area contributed by atoms with E-state index in [1.165, 1.54) is 17.8 Å². The highest BCUT2D eigenvalue weighted by Gasteiger charge is 2.13. The van der Waals surface area contributed by atoms with Gasteiger partial charge in [-0.05, 0) is 54.9 Å². The van der Waals surface area contributed by atoms with Crippen molar-refractivity contribution in [3.05, 3.63) is 64.5 Å². The molecular formula is C27H34FN5O3S. The molecule has 2 aromatic carbocycles. The van der Waals surface area contributed by atoms with E-state index in [0.717, 1.165) is 55.3 Å². The van der Waals surface area contributed by atoms with Crippen LogP contribution in [-0.4, -0.2) is 70.1 Å². The average molecular weight is 528 g/mol. The van der Waals surface area contributed by atoms with E-state index in [-0.39, 0.29) is 18.3 Å². The van der Waals surface area contributed by atoms with E-state index < -0.39 is 0 Å². The molecule has 8 nitrogen and oxygen atoms in total. The van der Waals surface area contributed by atoms with Gasteiger partial charge in [0.1, 0.15) is 5.82 Å². The van der Waals surface area contributed by atoms with E-state index >= 15 is 0 Å². The third-order valence-corrected chi connectivity index (χ3v) is 6.90. The van der Waals surface area contributed by atoms with Crippen LogP contribution in [0.25, 0.3) is 11.3 Å². The number of rotatable bonds is 12. The molecule has 1 amide bonds. The van der Waals surface area contributed by atoms with Crippen LogP contribution in [0.3, 0.4) is 0 Å². The molecule has 2 heterocycles. The largest absolute Gasteiger partial charge is 0.383 e. The zero-order valence-corrected chi connectivity index (χ0v) is 21.9. The molecule has 0 atom stereocenters. The van der Waals surface area contributed by atoms with Gasteiger partial charge < -0.3 is 29.6 Å². The number of ether oxygens (including phenoxy) is 2. The van der Waals surface area contributed by atoms with Crippen LogP contribution < -0.4 is 20.3 Å². The Kier molecular flexibility index (Phi) is 10.2. The van der Waals surface area contributed by atoms with Gasteiger partial charge in [0.05, 0.1) is 37.7 Å². The van der Waals surface area contributed by atoms with Crippen LogP contribution in [0.2, 0.25) is 0 Å². The second-order valence-electron chi connectivity index (χ2n) is 8.66. The predicted octanol–water partition coefficient (Wildman–Crippen LogP) is 3.17. The van der Waals surface area contributed by atoms with E-state index in [2.05, 4.69) is 49.7 Å². The summed E-state index contributed by atoms with van der Waals surface area (Å²) in [6.07, 6.45) is 0.817. The molecular weight excluding hydrogens is 493 g/mol. The molecule has 0 bridgehead atoms. The summed E-state index contributed by atoms with van der Waals surface area (Å²) in [7, 11) is 1.61. The molecule has 1 fully saturated rings. The number of hydrogen-bond donors (Lipinski definition) is 2. The monoisotopic (exact) mass is 527 g/mol. The molecule has 3 aromatic rings. The zero-order valence-electron chi connectivity index (χ0n) is 21.1. The molecule has 10 heteroatoms. The maximum Gasteiger partial charge on any atom is 0.234 e. The van der Waals surface area contributed by atoms with Gasteiger partial charge >= 0.3 is 0 Å². The van der Waals surface area contributed by atoms with E-state index in [9.17, 15) is 9.18 Å². The predicted molar refractivity (Wildman–Crippen MR) is 145 cm³/mol. The third kappa shape index (κ3) is 7.96. The second-order valence-corrected chi connectivity index (χ2v) is 9.50. The SMILES string of the molecule is COCCNC(=O)CNCCCn1c(-c2ccc(N3CCOCC3)cc2)csc1=Nc1ccc(F)cc1. The lowest BCUT2D eigenvalue weighted by atomic mass is 10.1. The number of carbonyl (C=O) groups excluding carboxylic acids is 1. The fraction of sp³-hybridized carbons (Fsp3) is 0.407. The molecule has 2 N–H and O–H groups in total. The van der Waals surface area contributed by atoms with Gasteiger partial charge in [-0.2, -0.15) is 0 Å². The van der Waals surface area contributed by atoms with Gasteiger partial charge in [0, 0.05) is 44.4 Å². The van der Waals surface area contributed by atoms with Crippen LogP contribution in [0.15, 0.2) is 58.9 Å². The van der Waals surface area contributed by atoms with E-state index in [4.69, 9.17) is 14.5 Å². The highest BCUT2D eigenvalue weighted by molar-refractivity contribution is 7.07. The number of anilines is 1. The van der Waals surface area contributed by atoms with Crippen molar-refractivity contribution in [2.24, 2.45) is 4.99 Å². The van der Waals surface area contributed by atoms with Crippen molar-refractivity contribution >= 4 is 28.6 Å². The molecule has 4 rings (SSSR count). The number of halogens is 1. The number of thiazole rings is 1. The molecule has 198 valence electrons. The van der Waals surface area contributed by atoms with Crippen molar-refractivity contribution in [3.63, 3.8) is 0 Å². The summed E-state index contributed by atoms with van der Waals surface area (Å²) < 4.78 is 26.0. The lowest BCUT2D eigenvalue weighted by molar-refractivity contribution is -0.120. The number of nitrogens with zero attached hydrogens (tertiary/aromatic N) is 3. The maximum absolute atomic E-state index is 13.4. The maximum atomic E-state index is 13.4. The summed E-state index contributed by atoms with van der Waals surface area (Å²) in [4.78, 5) is 19.9. The number of morpholine rings is 1. The Labute approximate surface area is 220 Å². The van der Waals surface area contributed by atoms with Crippen molar-refractivity contribution in [3.8, 4) is 11.3 Å². The molecule has 1 aromatic heterocycles. The van der Waals surface area contributed by atoms with Crippen LogP contribution in [0.4, 0.5) is 15.8 Å². The number of carbonyl (C=O) groups is 1. The summed E-state index contributed by atoms with van der Waals surface area (Å²) in [5.41, 5.74) is 4.09. The smallest absolute Gasteiger partial charge is 0.234 e. The standard InChI is InChI=1S/C27H34FN5O3S/c1-35-16-12-30-26(34)19-29-11-2-13-33-25(20-37-27(33)31-23-7-5-22(28)6-8-23)21-3-9-24(10-4-21)32-14-17-36-18-15-32/h3-10,20,29H,2,11-19H2,1H3,(H,30,34). The van der Waals surface area contributed by atoms with Crippen LogP contribution in [-0.2, 0) is 20.8 Å². The molecule has 1 aliphatic rings. The summed E-state index contributed by atoms with van der Waals surface area (Å²) in [5, 5.41) is 8.12. The van der Waals surface area contributed by atoms with E-state index in [1.54, 1.807) is 30.6 Å². The highest BCUT2D eigenvalue weighted by Crippen LogP contribution is 2.25. The van der Waals surface area contributed by atoms with Gasteiger partial charge in [-0.3, -0.25) is 4.79 Å². The van der Waals surface area contributed by atoms with Gasteiger partial charge in [-0.1, -0.05) is 12.1 Å². The van der Waals surface area contributed by atoms with Crippen molar-refractivity contribution in [1.82, 2.24) is 15.2 Å². The average Bonchev–Trinajstić information content (AvgIpc) is 3.32. The molecule has 0 unspecified atom stereocenters. The van der Waals surface area contributed by atoms with Crippen molar-refractivity contribution < 1.29 is 18.7 Å². The van der Waals surface area contributed by atoms with Gasteiger partial charge in [-0.25, -0.2) is 9.38 Å². The quantitative estimate of drug-likeness (QED) is 0.354. The van der Waals surface area contributed by atoms with Gasteiger partial charge in [0.25, 0.3) is 0 Å². The molecule has 37 heavy (non-hydrogen) atoms. The lowest BCUT2D eigenvalue weighted by Crippen LogP contribution is -2.36. The Morgan fingerprint density at radius 1 is 1.11 bits per heavy atom. The first-order valence-corrected chi connectivity index (χ1v) is 13.4. The van der Waals surface area contributed by atoms with Gasteiger partial charge in [-0.15, -0.1) is 11.3 Å². The minimum absolute atomic E-state index is 0.0479. The number of methoxy groups -OCH3 is 1. The first-order valence-electron chi connectivity index (χ1n) is 12.5. The summed E-state index contributed by atoms with van der Waals surface area (Å²) in [6, 6.07) is 14.8. The number of amides is 1. The first-order chi connectivity index (χ1) is 18.1. The summed E-state index contributed by atoms with van der Waals surface area (Å²) in [6.45, 7) is 5.98. The molecule has 1 aliphatic heterocycles. The lowest BCUT2D eigenvalue weighted by Gasteiger charge is -2.28. The highest BCUT2D eigenvalue weighted by atomic mass is 32.1. The van der Waals surface area contributed by atoms with Crippen molar-refractivity contribution in [2.45, 2.75) is 13.0 Å². The zero-order chi connectivity index (χ0) is 25.9. The summed E-state index contributed by atoms with van der Waals surface area (Å²) >= 11 is 1.56. The Bertz CT molecular complexity index is 1190. The van der Waals surface area contributed by atoms with Crippen LogP contribution >= 0.6 is 11.3 Å². The minimum Gasteiger partial charge on any atom is -0.383 e. The Hall–Kier alpha value is -3.05. The topological polar surface area (TPSA) is 80.1 Å². The first kappa shape index (κ1) is 27.0. The number of aromatic nitrogens is 1. The third-order valence-electron chi connectivity index (χ3n) is 6.04. The Morgan fingerprint density at radius 2 is 1.86 bits per heavy atom. The fourth-order valence-electron chi connectivity index (χ4n) is 4.08. The normalized spacial score (nSPS) is 14.2. The van der Waals surface area contributed by atoms with Crippen molar-refractivity contribution in [2.75, 3.05) is 64.6 Å². The molecule has 0 aliphatic carbocycles. The van der Waals surface area contributed by atoms with Gasteiger partial charge in [0.15, 0.2) is 4.80 Å².